The molecule has 19 heavy (non-hydrogen) atoms. The van der Waals surface area contributed by atoms with E-state index in [0.29, 0.717) is 37.2 Å². The lowest BCUT2D eigenvalue weighted by atomic mass is 10.3. The van der Waals surface area contributed by atoms with Crippen molar-refractivity contribution in [1.82, 2.24) is 0 Å². The Hall–Kier alpha value is -1.11. The number of rotatable bonds is 6. The Morgan fingerprint density at radius 2 is 1.53 bits per heavy atom. The monoisotopic (exact) mass is 376 g/mol. The van der Waals surface area contributed by atoms with E-state index in [0.717, 1.165) is 3.57 Å². The van der Waals surface area contributed by atoms with E-state index in [1.54, 1.807) is 18.2 Å². The first kappa shape index (κ1) is 15.9. The van der Waals surface area contributed by atoms with Gasteiger partial charge in [-0.25, -0.2) is 0 Å². The lowest BCUT2D eigenvalue weighted by Crippen LogP contribution is -2.11. The molecule has 0 unspecified atom stereocenters. The number of ether oxygens (including phenoxy) is 2. The van der Waals surface area contributed by atoms with Crippen molar-refractivity contribution in [2.75, 3.05) is 0 Å². The fourth-order valence-electron chi connectivity index (χ4n) is 1.40. The van der Waals surface area contributed by atoms with Crippen molar-refractivity contribution < 1.29 is 19.1 Å². The van der Waals surface area contributed by atoms with Crippen LogP contribution in [0.3, 0.4) is 0 Å². The molecule has 0 aliphatic heterocycles. The van der Waals surface area contributed by atoms with E-state index < -0.39 is 0 Å². The topological polar surface area (TPSA) is 52.6 Å². The van der Waals surface area contributed by atoms with E-state index in [1.807, 2.05) is 13.8 Å². The summed E-state index contributed by atoms with van der Waals surface area (Å²) in [5.74, 6) is -0.0492. The zero-order valence-corrected chi connectivity index (χ0v) is 13.2. The van der Waals surface area contributed by atoms with E-state index in [1.165, 1.54) is 0 Å². The second kappa shape index (κ2) is 8.14. The number of halogens is 1. The number of carbonyl (C=O) groups is 2. The van der Waals surface area contributed by atoms with Crippen LogP contribution in [-0.4, -0.2) is 11.9 Å². The Morgan fingerprint density at radius 3 is 2.05 bits per heavy atom. The Balaban J connectivity index is 2.85. The minimum atomic E-state index is -0.323. The molecule has 0 spiro atoms. The zero-order valence-electron chi connectivity index (χ0n) is 11.1. The van der Waals surface area contributed by atoms with Gasteiger partial charge in [-0.1, -0.05) is 13.8 Å². The van der Waals surface area contributed by atoms with Gasteiger partial charge in [0.05, 0.1) is 0 Å². The summed E-state index contributed by atoms with van der Waals surface area (Å²) in [6.07, 6.45) is 2.12. The predicted molar refractivity (Wildman–Crippen MR) is 80.2 cm³/mol. The second-order valence-electron chi connectivity index (χ2n) is 4.04. The zero-order chi connectivity index (χ0) is 14.3. The van der Waals surface area contributed by atoms with E-state index in [9.17, 15) is 9.59 Å². The third kappa shape index (κ3) is 5.59. The summed E-state index contributed by atoms with van der Waals surface area (Å²) in [7, 11) is 0. The minimum absolute atomic E-state index is 0.295. The molecule has 0 fully saturated rings. The Kier molecular flexibility index (Phi) is 6.83. The maximum atomic E-state index is 11.5. The van der Waals surface area contributed by atoms with Crippen LogP contribution in [0.4, 0.5) is 0 Å². The standard InChI is InChI=1S/C14H17IO4/c1-3-5-13(16)18-11-8-7-10(15)9-12(11)19-14(17)6-4-2/h7-9H,3-6H2,1-2H3. The van der Waals surface area contributed by atoms with E-state index in [2.05, 4.69) is 22.6 Å². The van der Waals surface area contributed by atoms with E-state index >= 15 is 0 Å². The SMILES string of the molecule is CCCC(=O)Oc1ccc(I)cc1OC(=O)CCC. The first-order valence-corrected chi connectivity index (χ1v) is 7.35. The highest BCUT2D eigenvalue weighted by molar-refractivity contribution is 14.1. The van der Waals surface area contributed by atoms with Crippen molar-refractivity contribution in [3.63, 3.8) is 0 Å². The smallest absolute Gasteiger partial charge is 0.311 e. The summed E-state index contributed by atoms with van der Waals surface area (Å²) >= 11 is 2.11. The third-order valence-electron chi connectivity index (χ3n) is 2.26. The van der Waals surface area contributed by atoms with Gasteiger partial charge in [0.25, 0.3) is 0 Å². The molecule has 104 valence electrons. The molecule has 0 N–H and O–H groups in total. The van der Waals surface area contributed by atoms with Crippen LogP contribution >= 0.6 is 22.6 Å². The molecule has 4 nitrogen and oxygen atoms in total. The van der Waals surface area contributed by atoms with Gasteiger partial charge in [-0.3, -0.25) is 9.59 Å². The van der Waals surface area contributed by atoms with E-state index in [-0.39, 0.29) is 11.9 Å². The average molecular weight is 376 g/mol. The lowest BCUT2D eigenvalue weighted by Gasteiger charge is -2.10. The number of benzene rings is 1. The fraction of sp³-hybridized carbons (Fsp3) is 0.429. The lowest BCUT2D eigenvalue weighted by molar-refractivity contribution is -0.137. The van der Waals surface area contributed by atoms with Crippen molar-refractivity contribution in [3.8, 4) is 11.5 Å². The van der Waals surface area contributed by atoms with Gasteiger partial charge >= 0.3 is 11.9 Å². The van der Waals surface area contributed by atoms with Gasteiger partial charge in [0.15, 0.2) is 11.5 Å². The number of hydrogen-bond acceptors (Lipinski definition) is 4. The van der Waals surface area contributed by atoms with Gasteiger partial charge in [0.2, 0.25) is 0 Å². The second-order valence-corrected chi connectivity index (χ2v) is 5.28. The maximum Gasteiger partial charge on any atom is 0.311 e. The molecule has 0 saturated heterocycles. The molecular weight excluding hydrogens is 359 g/mol. The summed E-state index contributed by atoms with van der Waals surface area (Å²) < 4.78 is 11.3. The maximum absolute atomic E-state index is 11.5. The van der Waals surface area contributed by atoms with Crippen LogP contribution in [0, 0.1) is 3.57 Å². The van der Waals surface area contributed by atoms with Gasteiger partial charge in [-0.15, -0.1) is 0 Å². The summed E-state index contributed by atoms with van der Waals surface area (Å²) in [5.41, 5.74) is 0. The van der Waals surface area contributed by atoms with Crippen LogP contribution in [-0.2, 0) is 9.59 Å². The summed E-state index contributed by atoms with van der Waals surface area (Å²) in [4.78, 5) is 23.0. The van der Waals surface area contributed by atoms with Crippen LogP contribution in [0.25, 0.3) is 0 Å². The molecule has 0 aromatic heterocycles. The normalized spacial score (nSPS) is 10.1. The van der Waals surface area contributed by atoms with Gasteiger partial charge in [0, 0.05) is 16.4 Å². The Bertz CT molecular complexity index is 457. The number of carbonyl (C=O) groups excluding carboxylic acids is 2. The Labute approximate surface area is 126 Å². The summed E-state index contributed by atoms with van der Waals surface area (Å²) in [6, 6.07) is 5.12. The predicted octanol–water partition coefficient (Wildman–Crippen LogP) is 3.70. The molecule has 1 rings (SSSR count). The van der Waals surface area contributed by atoms with Crippen LogP contribution in [0.15, 0.2) is 18.2 Å². The average Bonchev–Trinajstić information content (AvgIpc) is 2.33. The van der Waals surface area contributed by atoms with Crippen molar-refractivity contribution in [2.45, 2.75) is 39.5 Å². The summed E-state index contributed by atoms with van der Waals surface area (Å²) in [6.45, 7) is 3.80. The summed E-state index contributed by atoms with van der Waals surface area (Å²) in [5, 5.41) is 0. The molecular formula is C14H17IO4. The highest BCUT2D eigenvalue weighted by Gasteiger charge is 2.13. The molecule has 1 aromatic rings. The molecule has 0 radical (unpaired) electrons. The van der Waals surface area contributed by atoms with Crippen LogP contribution in [0.2, 0.25) is 0 Å². The quantitative estimate of drug-likeness (QED) is 0.432. The molecule has 0 saturated carbocycles. The molecule has 0 atom stereocenters. The van der Waals surface area contributed by atoms with Crippen LogP contribution in [0.5, 0.6) is 11.5 Å². The van der Waals surface area contributed by atoms with Gasteiger partial charge in [-0.05, 0) is 53.6 Å². The molecule has 0 heterocycles. The van der Waals surface area contributed by atoms with Crippen LogP contribution < -0.4 is 9.47 Å². The first-order chi connectivity index (χ1) is 9.06. The third-order valence-corrected chi connectivity index (χ3v) is 2.93. The fourth-order valence-corrected chi connectivity index (χ4v) is 1.86. The first-order valence-electron chi connectivity index (χ1n) is 6.27. The number of hydrogen-bond donors (Lipinski definition) is 0. The van der Waals surface area contributed by atoms with Crippen molar-refractivity contribution in [3.05, 3.63) is 21.8 Å². The highest BCUT2D eigenvalue weighted by atomic mass is 127. The Morgan fingerprint density at radius 1 is 1.00 bits per heavy atom. The molecule has 1 aromatic carbocycles. The van der Waals surface area contributed by atoms with Crippen molar-refractivity contribution in [2.24, 2.45) is 0 Å². The number of esters is 2. The minimum Gasteiger partial charge on any atom is -0.423 e. The molecule has 0 amide bonds. The molecule has 5 heteroatoms. The highest BCUT2D eigenvalue weighted by Crippen LogP contribution is 2.30. The largest absolute Gasteiger partial charge is 0.423 e. The molecule has 0 bridgehead atoms. The van der Waals surface area contributed by atoms with Crippen LogP contribution in [0.1, 0.15) is 39.5 Å². The molecule has 0 aliphatic rings. The van der Waals surface area contributed by atoms with Gasteiger partial charge in [-0.2, -0.15) is 0 Å². The van der Waals surface area contributed by atoms with Gasteiger partial charge in [0.1, 0.15) is 0 Å². The van der Waals surface area contributed by atoms with Gasteiger partial charge < -0.3 is 9.47 Å². The molecule has 0 aliphatic carbocycles. The van der Waals surface area contributed by atoms with Crippen molar-refractivity contribution in [1.29, 1.82) is 0 Å². The van der Waals surface area contributed by atoms with Crippen molar-refractivity contribution >= 4 is 34.5 Å². The van der Waals surface area contributed by atoms with E-state index in [4.69, 9.17) is 9.47 Å².